The van der Waals surface area contributed by atoms with Gasteiger partial charge in [-0.1, -0.05) is 11.2 Å². The Morgan fingerprint density at radius 3 is 3.05 bits per heavy atom. The Kier molecular flexibility index (Phi) is 4.15. The summed E-state index contributed by atoms with van der Waals surface area (Å²) in [6, 6.07) is 7.51. The summed E-state index contributed by atoms with van der Waals surface area (Å²) in [7, 11) is 0. The average Bonchev–Trinajstić information content (AvgIpc) is 2.98. The van der Waals surface area contributed by atoms with Crippen LogP contribution < -0.4 is 11.1 Å². The molecule has 0 amide bonds. The van der Waals surface area contributed by atoms with Gasteiger partial charge in [0.2, 0.25) is 0 Å². The summed E-state index contributed by atoms with van der Waals surface area (Å²) in [6.07, 6.45) is 3.24. The van der Waals surface area contributed by atoms with Crippen molar-refractivity contribution in [3.63, 3.8) is 0 Å². The maximum absolute atomic E-state index is 8.73. The number of oxime groups is 1. The predicted octanol–water partition coefficient (Wildman–Crippen LogP) is 1.62. The monoisotopic (exact) mass is 260 g/mol. The number of nitrogens with two attached hydrogens (primary N) is 1. The number of hydrogen-bond acceptors (Lipinski definition) is 5. The van der Waals surface area contributed by atoms with Crippen molar-refractivity contribution >= 4 is 5.84 Å². The molecule has 6 heteroatoms. The minimum atomic E-state index is 0.00283. The first-order valence-corrected chi connectivity index (χ1v) is 5.91. The number of aromatic nitrogens is 1. The summed E-state index contributed by atoms with van der Waals surface area (Å²) in [5.41, 5.74) is 6.92. The van der Waals surface area contributed by atoms with Crippen molar-refractivity contribution < 1.29 is 9.62 Å². The van der Waals surface area contributed by atoms with E-state index in [2.05, 4.69) is 15.5 Å². The highest BCUT2D eigenvalue weighted by atomic mass is 16.4. The van der Waals surface area contributed by atoms with E-state index in [1.807, 2.05) is 31.2 Å². The molecule has 0 aliphatic heterocycles. The van der Waals surface area contributed by atoms with E-state index >= 15 is 0 Å². The Morgan fingerprint density at radius 1 is 1.53 bits per heavy atom. The van der Waals surface area contributed by atoms with Crippen molar-refractivity contribution in [2.24, 2.45) is 10.9 Å². The zero-order chi connectivity index (χ0) is 13.7. The molecule has 0 aromatic carbocycles. The maximum atomic E-state index is 8.73. The maximum Gasteiger partial charge on any atom is 0.189 e. The van der Waals surface area contributed by atoms with E-state index in [1.165, 1.54) is 0 Å². The molecule has 0 fully saturated rings. The summed E-state index contributed by atoms with van der Waals surface area (Å²) in [5.74, 6) is 0.859. The van der Waals surface area contributed by atoms with Gasteiger partial charge in [-0.2, -0.15) is 0 Å². The van der Waals surface area contributed by atoms with Crippen molar-refractivity contribution in [1.29, 1.82) is 0 Å². The molecule has 2 heterocycles. The van der Waals surface area contributed by atoms with Gasteiger partial charge in [0.25, 0.3) is 0 Å². The van der Waals surface area contributed by atoms with E-state index in [-0.39, 0.29) is 11.9 Å². The standard InChI is InChI=1S/C13H16N4O2/c1-9(11-5-3-7-19-11)16-8-10-4-2-6-15-12(10)13(14)17-18/h2-7,9,16,18H,8H2,1H3,(H2,14,17). The normalized spacial score (nSPS) is 13.4. The average molecular weight is 260 g/mol. The molecule has 1 unspecified atom stereocenters. The summed E-state index contributed by atoms with van der Waals surface area (Å²) in [4.78, 5) is 4.11. The van der Waals surface area contributed by atoms with Crippen molar-refractivity contribution in [2.75, 3.05) is 0 Å². The third-order valence-corrected chi connectivity index (χ3v) is 2.81. The minimum absolute atomic E-state index is 0.00283. The topological polar surface area (TPSA) is 96.7 Å². The second-order valence-corrected chi connectivity index (χ2v) is 4.11. The number of hydrogen-bond donors (Lipinski definition) is 3. The van der Waals surface area contributed by atoms with Crippen LogP contribution in [0, 0.1) is 0 Å². The first-order chi connectivity index (χ1) is 9.22. The molecule has 0 spiro atoms. The first kappa shape index (κ1) is 13.1. The lowest BCUT2D eigenvalue weighted by Crippen LogP contribution is -2.23. The summed E-state index contributed by atoms with van der Waals surface area (Å²) in [6.45, 7) is 2.54. The first-order valence-electron chi connectivity index (χ1n) is 5.91. The number of amidine groups is 1. The van der Waals surface area contributed by atoms with Crippen LogP contribution in [0.2, 0.25) is 0 Å². The molecule has 19 heavy (non-hydrogen) atoms. The van der Waals surface area contributed by atoms with Crippen molar-refractivity contribution in [1.82, 2.24) is 10.3 Å². The van der Waals surface area contributed by atoms with Gasteiger partial charge in [0, 0.05) is 12.7 Å². The highest BCUT2D eigenvalue weighted by molar-refractivity contribution is 5.96. The Morgan fingerprint density at radius 2 is 2.37 bits per heavy atom. The van der Waals surface area contributed by atoms with E-state index in [4.69, 9.17) is 15.4 Å². The van der Waals surface area contributed by atoms with Crippen LogP contribution in [0.15, 0.2) is 46.3 Å². The summed E-state index contributed by atoms with van der Waals surface area (Å²) < 4.78 is 5.32. The second kappa shape index (κ2) is 6.01. The number of pyridine rings is 1. The lowest BCUT2D eigenvalue weighted by atomic mass is 10.1. The molecule has 2 rings (SSSR count). The Balaban J connectivity index is 2.08. The van der Waals surface area contributed by atoms with E-state index in [0.717, 1.165) is 11.3 Å². The quantitative estimate of drug-likeness (QED) is 0.328. The molecule has 4 N–H and O–H groups in total. The fourth-order valence-electron chi connectivity index (χ4n) is 1.76. The molecule has 2 aromatic rings. The van der Waals surface area contributed by atoms with Gasteiger partial charge < -0.3 is 20.7 Å². The van der Waals surface area contributed by atoms with Crippen molar-refractivity contribution in [3.8, 4) is 0 Å². The highest BCUT2D eigenvalue weighted by Gasteiger charge is 2.11. The highest BCUT2D eigenvalue weighted by Crippen LogP contribution is 2.14. The number of rotatable bonds is 5. The smallest absolute Gasteiger partial charge is 0.189 e. The van der Waals surface area contributed by atoms with Gasteiger partial charge in [-0.3, -0.25) is 4.98 Å². The molecular weight excluding hydrogens is 244 g/mol. The molecule has 2 aromatic heterocycles. The van der Waals surface area contributed by atoms with Crippen LogP contribution >= 0.6 is 0 Å². The SMILES string of the molecule is CC(NCc1cccnc1C(N)=NO)c1ccco1. The Bertz CT molecular complexity index is 552. The summed E-state index contributed by atoms with van der Waals surface area (Å²) >= 11 is 0. The number of nitrogens with zero attached hydrogens (tertiary/aromatic N) is 2. The molecule has 0 aliphatic carbocycles. The minimum Gasteiger partial charge on any atom is -0.468 e. The molecule has 0 radical (unpaired) electrons. The van der Waals surface area contributed by atoms with E-state index in [0.29, 0.717) is 12.2 Å². The third-order valence-electron chi connectivity index (χ3n) is 2.81. The largest absolute Gasteiger partial charge is 0.468 e. The second-order valence-electron chi connectivity index (χ2n) is 4.11. The summed E-state index contributed by atoms with van der Waals surface area (Å²) in [5, 5.41) is 15.0. The van der Waals surface area contributed by atoms with Gasteiger partial charge in [-0.05, 0) is 30.7 Å². The Hall–Kier alpha value is -2.34. The van der Waals surface area contributed by atoms with Gasteiger partial charge in [0.1, 0.15) is 11.5 Å². The van der Waals surface area contributed by atoms with Crippen LogP contribution in [0.4, 0.5) is 0 Å². The molecule has 0 bridgehead atoms. The third kappa shape index (κ3) is 3.11. The van der Waals surface area contributed by atoms with E-state index < -0.39 is 0 Å². The zero-order valence-electron chi connectivity index (χ0n) is 10.6. The number of furan rings is 1. The van der Waals surface area contributed by atoms with Crippen LogP contribution in [0.5, 0.6) is 0 Å². The van der Waals surface area contributed by atoms with E-state index in [1.54, 1.807) is 12.5 Å². The van der Waals surface area contributed by atoms with Crippen LogP contribution in [0.1, 0.15) is 30.0 Å². The molecule has 0 saturated carbocycles. The van der Waals surface area contributed by atoms with Crippen LogP contribution in [-0.4, -0.2) is 16.0 Å². The lowest BCUT2D eigenvalue weighted by molar-refractivity contribution is 0.318. The molecule has 0 aliphatic rings. The molecule has 0 saturated heterocycles. The molecule has 1 atom stereocenters. The molecule has 100 valence electrons. The van der Waals surface area contributed by atoms with Crippen molar-refractivity contribution in [3.05, 3.63) is 53.7 Å². The predicted molar refractivity (Wildman–Crippen MR) is 70.7 cm³/mol. The number of nitrogens with one attached hydrogen (secondary N) is 1. The van der Waals surface area contributed by atoms with Gasteiger partial charge >= 0.3 is 0 Å². The van der Waals surface area contributed by atoms with Gasteiger partial charge in [0.15, 0.2) is 5.84 Å². The lowest BCUT2D eigenvalue weighted by Gasteiger charge is -2.13. The van der Waals surface area contributed by atoms with Gasteiger partial charge in [0.05, 0.1) is 12.3 Å². The van der Waals surface area contributed by atoms with Crippen LogP contribution in [-0.2, 0) is 6.54 Å². The van der Waals surface area contributed by atoms with E-state index in [9.17, 15) is 0 Å². The fourth-order valence-corrected chi connectivity index (χ4v) is 1.76. The van der Waals surface area contributed by atoms with Crippen LogP contribution in [0.3, 0.4) is 0 Å². The fraction of sp³-hybridized carbons (Fsp3) is 0.231. The van der Waals surface area contributed by atoms with Gasteiger partial charge in [-0.15, -0.1) is 0 Å². The van der Waals surface area contributed by atoms with Crippen molar-refractivity contribution in [2.45, 2.75) is 19.5 Å². The zero-order valence-corrected chi connectivity index (χ0v) is 10.6. The Labute approximate surface area is 110 Å². The molecule has 6 nitrogen and oxygen atoms in total. The van der Waals surface area contributed by atoms with Crippen LogP contribution in [0.25, 0.3) is 0 Å². The molecular formula is C13H16N4O2. The van der Waals surface area contributed by atoms with Gasteiger partial charge in [-0.25, -0.2) is 0 Å².